The van der Waals surface area contributed by atoms with Crippen LogP contribution in [0.4, 0.5) is 0 Å². The van der Waals surface area contributed by atoms with Crippen molar-refractivity contribution in [3.05, 3.63) is 21.4 Å². The highest BCUT2D eigenvalue weighted by atomic mass is 32.1. The van der Waals surface area contributed by atoms with E-state index in [0.29, 0.717) is 0 Å². The molecule has 1 aromatic heterocycles. The van der Waals surface area contributed by atoms with E-state index in [0.717, 1.165) is 37.0 Å². The minimum atomic E-state index is 0.0864. The van der Waals surface area contributed by atoms with Crippen LogP contribution in [0.1, 0.15) is 67.1 Å². The normalized spacial score (nSPS) is 25.8. The Hall–Kier alpha value is -0.870. The van der Waals surface area contributed by atoms with E-state index in [2.05, 4.69) is 39.1 Å². The number of amides is 1. The summed E-state index contributed by atoms with van der Waals surface area (Å²) in [4.78, 5) is 14.7. The van der Waals surface area contributed by atoms with Gasteiger partial charge in [0.1, 0.15) is 0 Å². The maximum Gasteiger partial charge on any atom is 0.261 e. The third kappa shape index (κ3) is 4.30. The topological polar surface area (TPSA) is 38.3 Å². The van der Waals surface area contributed by atoms with E-state index in [1.165, 1.54) is 10.4 Å². The van der Waals surface area contributed by atoms with Crippen molar-refractivity contribution in [3.8, 4) is 0 Å². The standard InChI is InChI=1S/C17H27NO2S/c1-5-7-15-13(6-2)10-16(21-15)17(19)18-14-8-11(3)20-12(4)9-14/h10-12,14H,5-9H2,1-4H3,(H,18,19)/t11-,12-/m1/s1. The van der Waals surface area contributed by atoms with Crippen LogP contribution in [0.2, 0.25) is 0 Å². The van der Waals surface area contributed by atoms with E-state index < -0.39 is 0 Å². The number of hydrogen-bond acceptors (Lipinski definition) is 3. The van der Waals surface area contributed by atoms with Crippen LogP contribution in [-0.2, 0) is 17.6 Å². The molecule has 0 radical (unpaired) electrons. The molecular weight excluding hydrogens is 282 g/mol. The smallest absolute Gasteiger partial charge is 0.261 e. The highest BCUT2D eigenvalue weighted by Gasteiger charge is 2.26. The zero-order chi connectivity index (χ0) is 15.4. The zero-order valence-corrected chi connectivity index (χ0v) is 14.4. The Morgan fingerprint density at radius 1 is 1.33 bits per heavy atom. The first-order valence-corrected chi connectivity index (χ1v) is 8.93. The van der Waals surface area contributed by atoms with Gasteiger partial charge in [0.15, 0.2) is 0 Å². The Bertz CT molecular complexity index is 473. The largest absolute Gasteiger partial charge is 0.375 e. The van der Waals surface area contributed by atoms with Crippen molar-refractivity contribution in [2.45, 2.75) is 78.0 Å². The maximum absolute atomic E-state index is 12.5. The number of aryl methyl sites for hydroxylation is 2. The molecule has 21 heavy (non-hydrogen) atoms. The summed E-state index contributed by atoms with van der Waals surface area (Å²) in [5.74, 6) is 0.0864. The quantitative estimate of drug-likeness (QED) is 0.894. The molecule has 0 spiro atoms. The van der Waals surface area contributed by atoms with Gasteiger partial charge in [-0.25, -0.2) is 0 Å². The van der Waals surface area contributed by atoms with Crippen molar-refractivity contribution < 1.29 is 9.53 Å². The first-order chi connectivity index (χ1) is 10.0. The lowest BCUT2D eigenvalue weighted by molar-refractivity contribution is -0.0407. The van der Waals surface area contributed by atoms with Crippen LogP contribution >= 0.6 is 11.3 Å². The highest BCUT2D eigenvalue weighted by molar-refractivity contribution is 7.14. The van der Waals surface area contributed by atoms with Crippen molar-refractivity contribution in [1.29, 1.82) is 0 Å². The van der Waals surface area contributed by atoms with Gasteiger partial charge < -0.3 is 10.1 Å². The summed E-state index contributed by atoms with van der Waals surface area (Å²) in [5.41, 5.74) is 1.33. The van der Waals surface area contributed by atoms with Crippen molar-refractivity contribution >= 4 is 17.2 Å². The molecule has 1 aliphatic heterocycles. The van der Waals surface area contributed by atoms with E-state index >= 15 is 0 Å². The molecule has 1 N–H and O–H groups in total. The van der Waals surface area contributed by atoms with Gasteiger partial charge in [-0.05, 0) is 51.2 Å². The fraction of sp³-hybridized carbons (Fsp3) is 0.706. The molecule has 4 heteroatoms. The predicted octanol–water partition coefficient (Wildman–Crippen LogP) is 3.95. The molecule has 1 saturated heterocycles. The van der Waals surface area contributed by atoms with Gasteiger partial charge in [-0.15, -0.1) is 11.3 Å². The van der Waals surface area contributed by atoms with Gasteiger partial charge in [0, 0.05) is 10.9 Å². The second-order valence-corrected chi connectivity index (χ2v) is 7.20. The maximum atomic E-state index is 12.5. The molecule has 1 aromatic rings. The fourth-order valence-corrected chi connectivity index (χ4v) is 4.35. The van der Waals surface area contributed by atoms with Gasteiger partial charge in [-0.3, -0.25) is 4.79 Å². The van der Waals surface area contributed by atoms with Crippen molar-refractivity contribution in [3.63, 3.8) is 0 Å². The molecule has 0 saturated carbocycles. The molecule has 1 aliphatic rings. The molecule has 2 heterocycles. The molecule has 1 fully saturated rings. The molecule has 0 bridgehead atoms. The van der Waals surface area contributed by atoms with Gasteiger partial charge in [-0.1, -0.05) is 20.3 Å². The van der Waals surface area contributed by atoms with E-state index in [4.69, 9.17) is 4.74 Å². The number of carbonyl (C=O) groups is 1. The average Bonchev–Trinajstić information content (AvgIpc) is 2.81. The lowest BCUT2D eigenvalue weighted by atomic mass is 10.00. The minimum Gasteiger partial charge on any atom is -0.375 e. The first-order valence-electron chi connectivity index (χ1n) is 8.11. The van der Waals surface area contributed by atoms with Gasteiger partial charge in [0.2, 0.25) is 0 Å². The number of rotatable bonds is 5. The van der Waals surface area contributed by atoms with Crippen LogP contribution in [0, 0.1) is 0 Å². The van der Waals surface area contributed by atoms with Crippen LogP contribution in [0.15, 0.2) is 6.07 Å². The fourth-order valence-electron chi connectivity index (χ4n) is 3.10. The van der Waals surface area contributed by atoms with Crippen LogP contribution in [0.3, 0.4) is 0 Å². The molecule has 118 valence electrons. The van der Waals surface area contributed by atoms with Crippen LogP contribution in [0.25, 0.3) is 0 Å². The van der Waals surface area contributed by atoms with Gasteiger partial charge in [0.05, 0.1) is 17.1 Å². The SMILES string of the molecule is CCCc1sc(C(=O)NC2C[C@@H](C)O[C@H](C)C2)cc1CC. The monoisotopic (exact) mass is 309 g/mol. The summed E-state index contributed by atoms with van der Waals surface area (Å²) in [6.45, 7) is 8.50. The second kappa shape index (κ2) is 7.41. The summed E-state index contributed by atoms with van der Waals surface area (Å²) in [7, 11) is 0. The average molecular weight is 309 g/mol. The van der Waals surface area contributed by atoms with Gasteiger partial charge in [0.25, 0.3) is 5.91 Å². The van der Waals surface area contributed by atoms with E-state index in [9.17, 15) is 4.79 Å². The van der Waals surface area contributed by atoms with Gasteiger partial charge in [-0.2, -0.15) is 0 Å². The molecule has 1 amide bonds. The summed E-state index contributed by atoms with van der Waals surface area (Å²) >= 11 is 1.66. The molecule has 0 aliphatic carbocycles. The summed E-state index contributed by atoms with van der Waals surface area (Å²) in [6, 6.07) is 2.31. The summed E-state index contributed by atoms with van der Waals surface area (Å²) in [6.07, 6.45) is 5.47. The second-order valence-electron chi connectivity index (χ2n) is 6.06. The predicted molar refractivity (Wildman–Crippen MR) is 88.2 cm³/mol. The van der Waals surface area contributed by atoms with E-state index in [-0.39, 0.29) is 24.2 Å². The molecule has 3 nitrogen and oxygen atoms in total. The summed E-state index contributed by atoms with van der Waals surface area (Å²) in [5, 5.41) is 3.19. The van der Waals surface area contributed by atoms with Crippen LogP contribution < -0.4 is 5.32 Å². The number of hydrogen-bond donors (Lipinski definition) is 1. The van der Waals surface area contributed by atoms with Crippen LogP contribution in [0.5, 0.6) is 0 Å². The van der Waals surface area contributed by atoms with E-state index in [1.54, 1.807) is 11.3 Å². The van der Waals surface area contributed by atoms with Gasteiger partial charge >= 0.3 is 0 Å². The first kappa shape index (κ1) is 16.5. The molecule has 2 rings (SSSR count). The Balaban J connectivity index is 2.02. The van der Waals surface area contributed by atoms with Crippen molar-refractivity contribution in [1.82, 2.24) is 5.32 Å². The summed E-state index contributed by atoms with van der Waals surface area (Å²) < 4.78 is 5.73. The lowest BCUT2D eigenvalue weighted by Gasteiger charge is -2.32. The molecule has 0 aromatic carbocycles. The Kier molecular flexibility index (Phi) is 5.82. The molecule has 2 atom stereocenters. The van der Waals surface area contributed by atoms with Crippen LogP contribution in [-0.4, -0.2) is 24.2 Å². The minimum absolute atomic E-state index is 0.0864. The number of ether oxygens (including phenoxy) is 1. The lowest BCUT2D eigenvalue weighted by Crippen LogP contribution is -2.43. The Morgan fingerprint density at radius 2 is 2.00 bits per heavy atom. The van der Waals surface area contributed by atoms with Crippen molar-refractivity contribution in [2.75, 3.05) is 0 Å². The number of thiophene rings is 1. The zero-order valence-electron chi connectivity index (χ0n) is 13.6. The third-order valence-corrected chi connectivity index (χ3v) is 5.25. The Labute approximate surface area is 132 Å². The molecule has 0 unspecified atom stereocenters. The number of carbonyl (C=O) groups excluding carboxylic acids is 1. The number of nitrogens with one attached hydrogen (secondary N) is 1. The van der Waals surface area contributed by atoms with E-state index in [1.807, 2.05) is 0 Å². The Morgan fingerprint density at radius 3 is 2.57 bits per heavy atom. The molecular formula is C17H27NO2S. The van der Waals surface area contributed by atoms with Crippen molar-refractivity contribution in [2.24, 2.45) is 0 Å². The highest BCUT2D eigenvalue weighted by Crippen LogP contribution is 2.25. The third-order valence-electron chi connectivity index (χ3n) is 4.01.